The molecule has 0 bridgehead atoms. The lowest BCUT2D eigenvalue weighted by molar-refractivity contribution is 0.00820. The quantitative estimate of drug-likeness (QED) is 0.772. The second-order valence-corrected chi connectivity index (χ2v) is 6.64. The van der Waals surface area contributed by atoms with Crippen molar-refractivity contribution in [1.29, 1.82) is 0 Å². The average molecular weight is 258 g/mol. The van der Waals surface area contributed by atoms with Crippen molar-refractivity contribution in [3.8, 4) is 0 Å². The van der Waals surface area contributed by atoms with E-state index >= 15 is 0 Å². The van der Waals surface area contributed by atoms with Gasteiger partial charge in [-0.3, -0.25) is 4.90 Å². The van der Waals surface area contributed by atoms with Gasteiger partial charge in [-0.05, 0) is 25.4 Å². The van der Waals surface area contributed by atoms with Crippen molar-refractivity contribution < 1.29 is 9.84 Å². The molecule has 18 heavy (non-hydrogen) atoms. The van der Waals surface area contributed by atoms with Gasteiger partial charge < -0.3 is 14.7 Å². The molecule has 1 heterocycles. The monoisotopic (exact) mass is 258 g/mol. The van der Waals surface area contributed by atoms with Crippen LogP contribution in [0.2, 0.25) is 0 Å². The van der Waals surface area contributed by atoms with Gasteiger partial charge in [0, 0.05) is 26.2 Å². The molecular formula is C14H30N2O2. The zero-order valence-corrected chi connectivity index (χ0v) is 12.5. The van der Waals surface area contributed by atoms with Crippen molar-refractivity contribution in [3.63, 3.8) is 0 Å². The van der Waals surface area contributed by atoms with Crippen molar-refractivity contribution in [1.82, 2.24) is 9.80 Å². The van der Waals surface area contributed by atoms with Gasteiger partial charge in [0.15, 0.2) is 0 Å². The maximum Gasteiger partial charge on any atom is 0.0793 e. The van der Waals surface area contributed by atoms with Crippen molar-refractivity contribution in [2.24, 2.45) is 5.41 Å². The number of nitrogens with zero attached hydrogens (tertiary/aromatic N) is 2. The first-order valence-corrected chi connectivity index (χ1v) is 7.03. The minimum atomic E-state index is -0.256. The van der Waals surface area contributed by atoms with Gasteiger partial charge in [0.25, 0.3) is 0 Å². The highest BCUT2D eigenvalue weighted by Crippen LogP contribution is 2.18. The van der Waals surface area contributed by atoms with Gasteiger partial charge in [-0.1, -0.05) is 20.8 Å². The van der Waals surface area contributed by atoms with E-state index in [0.717, 1.165) is 52.4 Å². The molecule has 108 valence electrons. The van der Waals surface area contributed by atoms with Crippen LogP contribution in [0.1, 0.15) is 27.2 Å². The number of hydrogen-bond donors (Lipinski definition) is 1. The minimum Gasteiger partial charge on any atom is -0.390 e. The summed E-state index contributed by atoms with van der Waals surface area (Å²) >= 11 is 0. The van der Waals surface area contributed by atoms with E-state index in [9.17, 15) is 5.11 Å². The Hall–Kier alpha value is -0.160. The number of aliphatic hydroxyl groups excluding tert-OH is 1. The number of ether oxygens (including phenoxy) is 1. The fourth-order valence-corrected chi connectivity index (χ4v) is 2.12. The Balaban J connectivity index is 2.16. The Morgan fingerprint density at radius 2 is 1.89 bits per heavy atom. The Morgan fingerprint density at radius 3 is 2.44 bits per heavy atom. The molecule has 0 aromatic heterocycles. The molecule has 1 unspecified atom stereocenters. The van der Waals surface area contributed by atoms with Crippen LogP contribution in [0.4, 0.5) is 0 Å². The Morgan fingerprint density at radius 1 is 1.28 bits per heavy atom. The predicted molar refractivity (Wildman–Crippen MR) is 74.8 cm³/mol. The summed E-state index contributed by atoms with van der Waals surface area (Å²) in [6, 6.07) is 0. The van der Waals surface area contributed by atoms with Crippen LogP contribution in [0.25, 0.3) is 0 Å². The maximum absolute atomic E-state index is 10.1. The van der Waals surface area contributed by atoms with E-state index in [4.69, 9.17) is 4.74 Å². The van der Waals surface area contributed by atoms with Crippen LogP contribution in [0.15, 0.2) is 0 Å². The van der Waals surface area contributed by atoms with Gasteiger partial charge in [0.05, 0.1) is 19.3 Å². The van der Waals surface area contributed by atoms with Crippen LogP contribution in [0, 0.1) is 5.41 Å². The summed E-state index contributed by atoms with van der Waals surface area (Å²) in [5.41, 5.74) is 0.365. The zero-order valence-electron chi connectivity index (χ0n) is 12.5. The molecule has 0 radical (unpaired) electrons. The summed E-state index contributed by atoms with van der Waals surface area (Å²) < 4.78 is 5.30. The molecule has 1 saturated heterocycles. The van der Waals surface area contributed by atoms with Crippen LogP contribution in [0.3, 0.4) is 0 Å². The van der Waals surface area contributed by atoms with Crippen LogP contribution in [-0.2, 0) is 4.74 Å². The third-order valence-electron chi connectivity index (χ3n) is 3.34. The summed E-state index contributed by atoms with van der Waals surface area (Å²) in [5.74, 6) is 0. The van der Waals surface area contributed by atoms with Gasteiger partial charge >= 0.3 is 0 Å². The minimum absolute atomic E-state index is 0.256. The Kier molecular flexibility index (Phi) is 6.57. The Labute approximate surface area is 112 Å². The summed E-state index contributed by atoms with van der Waals surface area (Å²) in [7, 11) is 2.09. The SMILES string of the molecule is CN(CCC(C)(C)C)CC(O)CN1CCOCC1. The summed E-state index contributed by atoms with van der Waals surface area (Å²) in [5, 5.41) is 10.1. The largest absolute Gasteiger partial charge is 0.390 e. The van der Waals surface area contributed by atoms with Crippen molar-refractivity contribution in [3.05, 3.63) is 0 Å². The number of aliphatic hydroxyl groups is 1. The molecule has 1 aliphatic rings. The van der Waals surface area contributed by atoms with E-state index in [-0.39, 0.29) is 6.10 Å². The lowest BCUT2D eigenvalue weighted by Gasteiger charge is -2.30. The number of likely N-dealkylation sites (N-methyl/N-ethyl adjacent to an activating group) is 1. The molecule has 1 rings (SSSR count). The zero-order chi connectivity index (χ0) is 13.6. The molecule has 4 heteroatoms. The predicted octanol–water partition coefficient (Wildman–Crippen LogP) is 1.05. The molecule has 1 N–H and O–H groups in total. The van der Waals surface area contributed by atoms with Crippen LogP contribution in [0.5, 0.6) is 0 Å². The van der Waals surface area contributed by atoms with E-state index in [2.05, 4.69) is 37.6 Å². The topological polar surface area (TPSA) is 35.9 Å². The second-order valence-electron chi connectivity index (χ2n) is 6.64. The van der Waals surface area contributed by atoms with Gasteiger partial charge in [-0.25, -0.2) is 0 Å². The highest BCUT2D eigenvalue weighted by molar-refractivity contribution is 4.71. The third kappa shape index (κ3) is 7.31. The third-order valence-corrected chi connectivity index (χ3v) is 3.34. The van der Waals surface area contributed by atoms with E-state index in [1.54, 1.807) is 0 Å². The first kappa shape index (κ1) is 15.9. The lowest BCUT2D eigenvalue weighted by Crippen LogP contribution is -2.44. The van der Waals surface area contributed by atoms with Gasteiger partial charge in [0.1, 0.15) is 0 Å². The molecule has 0 saturated carbocycles. The molecule has 1 fully saturated rings. The molecule has 0 amide bonds. The number of hydrogen-bond acceptors (Lipinski definition) is 4. The molecule has 0 spiro atoms. The molecule has 0 aromatic rings. The van der Waals surface area contributed by atoms with Crippen LogP contribution >= 0.6 is 0 Å². The van der Waals surface area contributed by atoms with Crippen LogP contribution in [-0.4, -0.2) is 74.0 Å². The summed E-state index contributed by atoms with van der Waals surface area (Å²) in [4.78, 5) is 4.52. The first-order chi connectivity index (χ1) is 8.37. The fourth-order valence-electron chi connectivity index (χ4n) is 2.12. The highest BCUT2D eigenvalue weighted by Gasteiger charge is 2.17. The smallest absolute Gasteiger partial charge is 0.0793 e. The standard InChI is InChI=1S/C14H30N2O2/c1-14(2,3)5-6-15(4)11-13(17)12-16-7-9-18-10-8-16/h13,17H,5-12H2,1-4H3. The van der Waals surface area contributed by atoms with Crippen molar-refractivity contribution in [2.75, 3.05) is 53.0 Å². The van der Waals surface area contributed by atoms with Gasteiger partial charge in [-0.2, -0.15) is 0 Å². The summed E-state index contributed by atoms with van der Waals surface area (Å²) in [6.45, 7) is 12.8. The van der Waals surface area contributed by atoms with E-state index in [0.29, 0.717) is 5.41 Å². The van der Waals surface area contributed by atoms with Crippen LogP contribution < -0.4 is 0 Å². The molecule has 0 aromatic carbocycles. The summed E-state index contributed by atoms with van der Waals surface area (Å²) in [6.07, 6.45) is 0.904. The molecule has 4 nitrogen and oxygen atoms in total. The number of β-amino-alcohol motifs (C(OH)–C–C–N with tert-alkyl or cyclic N) is 1. The van der Waals surface area contributed by atoms with Crippen molar-refractivity contribution in [2.45, 2.75) is 33.3 Å². The lowest BCUT2D eigenvalue weighted by atomic mass is 9.92. The first-order valence-electron chi connectivity index (χ1n) is 7.03. The fraction of sp³-hybridized carbons (Fsp3) is 1.00. The highest BCUT2D eigenvalue weighted by atomic mass is 16.5. The van der Waals surface area contributed by atoms with E-state index in [1.165, 1.54) is 0 Å². The number of rotatable bonds is 6. The molecule has 1 atom stereocenters. The van der Waals surface area contributed by atoms with E-state index < -0.39 is 0 Å². The normalized spacial score (nSPS) is 20.3. The molecule has 1 aliphatic heterocycles. The average Bonchev–Trinajstić information content (AvgIpc) is 2.26. The maximum atomic E-state index is 10.1. The van der Waals surface area contributed by atoms with Gasteiger partial charge in [0.2, 0.25) is 0 Å². The van der Waals surface area contributed by atoms with Gasteiger partial charge in [-0.15, -0.1) is 0 Å². The Bertz CT molecular complexity index is 222. The second kappa shape index (κ2) is 7.43. The molecule has 0 aliphatic carbocycles. The number of morpholine rings is 1. The van der Waals surface area contributed by atoms with Crippen molar-refractivity contribution >= 4 is 0 Å². The van der Waals surface area contributed by atoms with E-state index in [1.807, 2.05) is 0 Å². The molecular weight excluding hydrogens is 228 g/mol.